The third-order valence-corrected chi connectivity index (χ3v) is 5.76. The molecule has 1 aliphatic heterocycles. The number of amides is 2. The lowest BCUT2D eigenvalue weighted by Crippen LogP contribution is -2.46. The number of rotatable bonds is 6. The molecule has 0 saturated carbocycles. The first-order chi connectivity index (χ1) is 16.4. The fourth-order valence-electron chi connectivity index (χ4n) is 3.78. The smallest absolute Gasteiger partial charge is 0.274 e. The van der Waals surface area contributed by atoms with Crippen LogP contribution < -0.4 is 21.7 Å². The summed E-state index contributed by atoms with van der Waals surface area (Å²) in [6.45, 7) is 3.52. The van der Waals surface area contributed by atoms with E-state index in [0.29, 0.717) is 34.5 Å². The second kappa shape index (κ2) is 10.4. The number of anilines is 1. The van der Waals surface area contributed by atoms with Crippen LogP contribution in [0.3, 0.4) is 0 Å². The summed E-state index contributed by atoms with van der Waals surface area (Å²) in [7, 11) is 0. The Morgan fingerprint density at radius 2 is 2.06 bits per heavy atom. The highest BCUT2D eigenvalue weighted by Crippen LogP contribution is 2.20. The molecule has 5 N–H and O–H groups in total. The molecule has 8 nitrogen and oxygen atoms in total. The fourth-order valence-corrected chi connectivity index (χ4v) is 3.78. The van der Waals surface area contributed by atoms with Gasteiger partial charge in [0.15, 0.2) is 11.5 Å². The molecule has 0 aliphatic carbocycles. The number of benzene rings is 2. The molecular weight excluding hydrogens is 435 g/mol. The van der Waals surface area contributed by atoms with E-state index in [1.54, 1.807) is 43.3 Å². The van der Waals surface area contributed by atoms with Crippen molar-refractivity contribution in [3.8, 4) is 11.3 Å². The largest absolute Gasteiger partial charge is 0.382 e. The Hall–Kier alpha value is -3.85. The Bertz CT molecular complexity index is 1210. The quantitative estimate of drug-likeness (QED) is 0.447. The standard InChI is InChI=1S/C25H27FN6O2/c1-15-7-8-16(10-20(15)26)12-30-24(33)18-5-2-4-17(11-18)21-14-29-23(27)22(32-21)25(34)31-19-6-3-9-28-13-19/h2,4-5,7-8,10-11,14,19,28H,3,6,9,12-13H2,1H3,(H2,27,29)(H,30,33)(H,31,34)/t19-/m0/s1. The van der Waals surface area contributed by atoms with Crippen molar-refractivity contribution in [3.05, 3.63) is 76.9 Å². The van der Waals surface area contributed by atoms with Crippen LogP contribution in [-0.4, -0.2) is 40.9 Å². The van der Waals surface area contributed by atoms with Crippen LogP contribution in [0, 0.1) is 12.7 Å². The molecule has 1 atom stereocenters. The van der Waals surface area contributed by atoms with Gasteiger partial charge >= 0.3 is 0 Å². The number of nitrogen functional groups attached to an aromatic ring is 1. The second-order valence-electron chi connectivity index (χ2n) is 8.35. The van der Waals surface area contributed by atoms with Gasteiger partial charge in [0.2, 0.25) is 0 Å². The monoisotopic (exact) mass is 462 g/mol. The molecule has 0 spiro atoms. The molecule has 0 bridgehead atoms. The highest BCUT2D eigenvalue weighted by atomic mass is 19.1. The van der Waals surface area contributed by atoms with Gasteiger partial charge in [0.25, 0.3) is 11.8 Å². The number of nitrogens with two attached hydrogens (primary N) is 1. The third-order valence-electron chi connectivity index (χ3n) is 5.76. The van der Waals surface area contributed by atoms with Crippen molar-refractivity contribution in [2.75, 3.05) is 18.8 Å². The molecule has 34 heavy (non-hydrogen) atoms. The van der Waals surface area contributed by atoms with Gasteiger partial charge < -0.3 is 21.7 Å². The molecule has 2 heterocycles. The van der Waals surface area contributed by atoms with Crippen molar-refractivity contribution in [1.29, 1.82) is 0 Å². The third kappa shape index (κ3) is 5.55. The minimum atomic E-state index is -0.375. The lowest BCUT2D eigenvalue weighted by atomic mass is 10.1. The van der Waals surface area contributed by atoms with Crippen molar-refractivity contribution < 1.29 is 14.0 Å². The molecule has 1 aromatic heterocycles. The molecule has 1 saturated heterocycles. The predicted octanol–water partition coefficient (Wildman–Crippen LogP) is 2.59. The van der Waals surface area contributed by atoms with Crippen LogP contribution in [0.5, 0.6) is 0 Å². The van der Waals surface area contributed by atoms with Crippen LogP contribution in [0.25, 0.3) is 11.3 Å². The number of nitrogens with zero attached hydrogens (tertiary/aromatic N) is 2. The number of carbonyl (C=O) groups is 2. The zero-order chi connectivity index (χ0) is 24.1. The van der Waals surface area contributed by atoms with Crippen molar-refractivity contribution in [2.24, 2.45) is 0 Å². The number of halogens is 1. The Labute approximate surface area is 197 Å². The summed E-state index contributed by atoms with van der Waals surface area (Å²) >= 11 is 0. The van der Waals surface area contributed by atoms with Gasteiger partial charge in [-0.2, -0.15) is 0 Å². The molecule has 3 aromatic rings. The van der Waals surface area contributed by atoms with Gasteiger partial charge in [-0.25, -0.2) is 14.4 Å². The summed E-state index contributed by atoms with van der Waals surface area (Å²) in [6.07, 6.45) is 3.35. The number of piperidine rings is 1. The first kappa shape index (κ1) is 23.3. The Morgan fingerprint density at radius 3 is 2.82 bits per heavy atom. The van der Waals surface area contributed by atoms with Crippen molar-refractivity contribution in [2.45, 2.75) is 32.4 Å². The predicted molar refractivity (Wildman–Crippen MR) is 128 cm³/mol. The summed E-state index contributed by atoms with van der Waals surface area (Å²) in [5, 5.41) is 8.99. The van der Waals surface area contributed by atoms with E-state index in [-0.39, 0.29) is 41.7 Å². The Balaban J connectivity index is 1.48. The maximum Gasteiger partial charge on any atom is 0.274 e. The van der Waals surface area contributed by atoms with E-state index in [4.69, 9.17) is 5.73 Å². The first-order valence-electron chi connectivity index (χ1n) is 11.2. The van der Waals surface area contributed by atoms with Crippen molar-refractivity contribution >= 4 is 17.6 Å². The molecule has 176 valence electrons. The highest BCUT2D eigenvalue weighted by Gasteiger charge is 2.20. The molecule has 2 amide bonds. The summed E-state index contributed by atoms with van der Waals surface area (Å²) < 4.78 is 13.8. The van der Waals surface area contributed by atoms with Crippen molar-refractivity contribution in [3.63, 3.8) is 0 Å². The lowest BCUT2D eigenvalue weighted by molar-refractivity contribution is 0.0923. The Morgan fingerprint density at radius 1 is 1.21 bits per heavy atom. The summed E-state index contributed by atoms with van der Waals surface area (Å²) in [6, 6.07) is 11.7. The normalized spacial score (nSPS) is 15.5. The minimum Gasteiger partial charge on any atom is -0.382 e. The molecule has 0 unspecified atom stereocenters. The Kier molecular flexibility index (Phi) is 7.12. The average Bonchev–Trinajstić information content (AvgIpc) is 2.85. The number of aromatic nitrogens is 2. The van der Waals surface area contributed by atoms with Gasteiger partial charge in [-0.1, -0.05) is 24.3 Å². The number of aryl methyl sites for hydroxylation is 1. The van der Waals surface area contributed by atoms with E-state index in [1.807, 2.05) is 0 Å². The highest BCUT2D eigenvalue weighted by molar-refractivity contribution is 5.97. The van der Waals surface area contributed by atoms with Gasteiger partial charge in [0, 0.05) is 30.3 Å². The maximum absolute atomic E-state index is 13.8. The fraction of sp³-hybridized carbons (Fsp3) is 0.280. The van der Waals surface area contributed by atoms with Crippen LogP contribution in [0.4, 0.5) is 10.2 Å². The number of hydrogen-bond donors (Lipinski definition) is 4. The minimum absolute atomic E-state index is 0.0140. The van der Waals surface area contributed by atoms with Crippen LogP contribution >= 0.6 is 0 Å². The van der Waals surface area contributed by atoms with Gasteiger partial charge in [-0.15, -0.1) is 0 Å². The van der Waals surface area contributed by atoms with Crippen molar-refractivity contribution in [1.82, 2.24) is 25.9 Å². The summed E-state index contributed by atoms with van der Waals surface area (Å²) in [5.41, 5.74) is 8.65. The number of nitrogens with one attached hydrogen (secondary N) is 3. The number of hydrogen-bond acceptors (Lipinski definition) is 6. The molecular formula is C25H27FN6O2. The van der Waals surface area contributed by atoms with E-state index in [0.717, 1.165) is 19.4 Å². The molecule has 1 fully saturated rings. The number of carbonyl (C=O) groups excluding carboxylic acids is 2. The van der Waals surface area contributed by atoms with Crippen LogP contribution in [-0.2, 0) is 6.54 Å². The van der Waals surface area contributed by atoms with Crippen LogP contribution in [0.2, 0.25) is 0 Å². The van der Waals surface area contributed by atoms with Gasteiger partial charge in [-0.3, -0.25) is 9.59 Å². The average molecular weight is 463 g/mol. The topological polar surface area (TPSA) is 122 Å². The van der Waals surface area contributed by atoms with E-state index >= 15 is 0 Å². The van der Waals surface area contributed by atoms with E-state index in [1.165, 1.54) is 12.3 Å². The van der Waals surface area contributed by atoms with Gasteiger partial charge in [-0.05, 0) is 55.6 Å². The molecule has 9 heteroatoms. The zero-order valence-corrected chi connectivity index (χ0v) is 18.9. The van der Waals surface area contributed by atoms with E-state index in [9.17, 15) is 14.0 Å². The van der Waals surface area contributed by atoms with Crippen LogP contribution in [0.1, 0.15) is 44.8 Å². The molecule has 0 radical (unpaired) electrons. The lowest BCUT2D eigenvalue weighted by Gasteiger charge is -2.23. The SMILES string of the molecule is Cc1ccc(CNC(=O)c2cccc(-c3cnc(N)c(C(=O)N[C@H]4CCCNC4)n3)c2)cc1F. The van der Waals surface area contributed by atoms with Gasteiger partial charge in [0.05, 0.1) is 11.9 Å². The molecule has 1 aliphatic rings. The second-order valence-corrected chi connectivity index (χ2v) is 8.35. The summed E-state index contributed by atoms with van der Waals surface area (Å²) in [4.78, 5) is 34.0. The molecule has 4 rings (SSSR count). The van der Waals surface area contributed by atoms with E-state index in [2.05, 4.69) is 25.9 Å². The van der Waals surface area contributed by atoms with Crippen LogP contribution in [0.15, 0.2) is 48.7 Å². The maximum atomic E-state index is 13.8. The zero-order valence-electron chi connectivity index (χ0n) is 18.9. The van der Waals surface area contributed by atoms with Gasteiger partial charge in [0.1, 0.15) is 5.82 Å². The molecule has 2 aromatic carbocycles. The first-order valence-corrected chi connectivity index (χ1v) is 11.2. The summed E-state index contributed by atoms with van der Waals surface area (Å²) in [5.74, 6) is -0.951. The van der Waals surface area contributed by atoms with E-state index < -0.39 is 0 Å².